The van der Waals surface area contributed by atoms with Crippen LogP contribution in [0.2, 0.25) is 0 Å². The molecule has 0 aliphatic carbocycles. The number of aryl methyl sites for hydroxylation is 1. The average Bonchev–Trinajstić information content (AvgIpc) is 2.69. The van der Waals surface area contributed by atoms with Gasteiger partial charge in [-0.1, -0.05) is 13.8 Å². The van der Waals surface area contributed by atoms with Crippen molar-refractivity contribution in [3.8, 4) is 0 Å². The number of aromatic nitrogens is 2. The molecule has 0 saturated carbocycles. The molecular formula is C14H28N4O2S. The molecule has 0 fully saturated rings. The topological polar surface area (TPSA) is 76.0 Å². The summed E-state index contributed by atoms with van der Waals surface area (Å²) in [6.45, 7) is 11.9. The first kappa shape index (κ1) is 18.1. The molecule has 7 heteroatoms. The maximum atomic E-state index is 12.5. The SMILES string of the molecule is CCCNCCn1nc(C)c(S(=O)(=O)NC(C)CC)c1C. The Bertz CT molecular complexity index is 552. The number of rotatable bonds is 9. The molecule has 0 aliphatic rings. The first-order chi connectivity index (χ1) is 9.83. The Balaban J connectivity index is 2.91. The van der Waals surface area contributed by atoms with E-state index in [1.807, 2.05) is 20.8 Å². The maximum absolute atomic E-state index is 12.5. The van der Waals surface area contributed by atoms with Crippen molar-refractivity contribution in [3.63, 3.8) is 0 Å². The first-order valence-electron chi connectivity index (χ1n) is 7.60. The van der Waals surface area contributed by atoms with E-state index >= 15 is 0 Å². The fourth-order valence-corrected chi connectivity index (χ4v) is 3.92. The minimum absolute atomic E-state index is 0.0802. The van der Waals surface area contributed by atoms with Gasteiger partial charge in [0.05, 0.1) is 17.9 Å². The van der Waals surface area contributed by atoms with Crippen LogP contribution in [-0.2, 0) is 16.6 Å². The van der Waals surface area contributed by atoms with Gasteiger partial charge in [-0.05, 0) is 40.2 Å². The molecule has 21 heavy (non-hydrogen) atoms. The minimum Gasteiger partial charge on any atom is -0.315 e. The Morgan fingerprint density at radius 2 is 1.90 bits per heavy atom. The Hall–Kier alpha value is -0.920. The van der Waals surface area contributed by atoms with Gasteiger partial charge in [-0.3, -0.25) is 4.68 Å². The zero-order chi connectivity index (χ0) is 16.0. The monoisotopic (exact) mass is 316 g/mol. The average molecular weight is 316 g/mol. The summed E-state index contributed by atoms with van der Waals surface area (Å²) in [6, 6.07) is -0.0802. The molecule has 1 aromatic rings. The Kier molecular flexibility index (Phi) is 6.83. The van der Waals surface area contributed by atoms with E-state index in [1.54, 1.807) is 11.6 Å². The number of hydrogen-bond donors (Lipinski definition) is 2. The van der Waals surface area contributed by atoms with Crippen LogP contribution < -0.4 is 10.0 Å². The van der Waals surface area contributed by atoms with Crippen LogP contribution in [0.1, 0.15) is 45.0 Å². The Morgan fingerprint density at radius 3 is 2.48 bits per heavy atom. The summed E-state index contributed by atoms with van der Waals surface area (Å²) in [5, 5.41) is 7.66. The van der Waals surface area contributed by atoms with Gasteiger partial charge in [0, 0.05) is 12.6 Å². The van der Waals surface area contributed by atoms with Crippen molar-refractivity contribution >= 4 is 10.0 Å². The van der Waals surface area contributed by atoms with Gasteiger partial charge in [0.1, 0.15) is 4.90 Å². The smallest absolute Gasteiger partial charge is 0.244 e. The molecule has 0 amide bonds. The van der Waals surface area contributed by atoms with Crippen LogP contribution in [0.15, 0.2) is 4.90 Å². The van der Waals surface area contributed by atoms with E-state index in [4.69, 9.17) is 0 Å². The third kappa shape index (κ3) is 4.79. The molecule has 0 aromatic carbocycles. The molecule has 1 aromatic heterocycles. The van der Waals surface area contributed by atoms with Crippen LogP contribution in [0.25, 0.3) is 0 Å². The molecule has 2 N–H and O–H groups in total. The molecule has 122 valence electrons. The van der Waals surface area contributed by atoms with E-state index in [0.29, 0.717) is 22.8 Å². The lowest BCUT2D eigenvalue weighted by atomic mass is 10.3. The molecule has 0 bridgehead atoms. The maximum Gasteiger partial charge on any atom is 0.244 e. The highest BCUT2D eigenvalue weighted by Gasteiger charge is 2.25. The van der Waals surface area contributed by atoms with Crippen molar-refractivity contribution in [1.82, 2.24) is 19.8 Å². The van der Waals surface area contributed by atoms with Gasteiger partial charge in [-0.25, -0.2) is 13.1 Å². The van der Waals surface area contributed by atoms with Crippen LogP contribution in [0, 0.1) is 13.8 Å². The summed E-state index contributed by atoms with van der Waals surface area (Å²) in [4.78, 5) is 0.318. The molecule has 1 unspecified atom stereocenters. The zero-order valence-electron chi connectivity index (χ0n) is 13.7. The normalized spacial score (nSPS) is 13.6. The van der Waals surface area contributed by atoms with Crippen molar-refractivity contribution in [2.45, 2.75) is 64.9 Å². The minimum atomic E-state index is -3.50. The highest BCUT2D eigenvalue weighted by molar-refractivity contribution is 7.89. The summed E-state index contributed by atoms with van der Waals surface area (Å²) in [5.74, 6) is 0. The van der Waals surface area contributed by atoms with E-state index in [9.17, 15) is 8.42 Å². The van der Waals surface area contributed by atoms with E-state index < -0.39 is 10.0 Å². The van der Waals surface area contributed by atoms with Gasteiger partial charge in [0.15, 0.2) is 0 Å². The van der Waals surface area contributed by atoms with Crippen LogP contribution in [0.4, 0.5) is 0 Å². The van der Waals surface area contributed by atoms with E-state index in [2.05, 4.69) is 22.1 Å². The lowest BCUT2D eigenvalue weighted by Gasteiger charge is -2.12. The van der Waals surface area contributed by atoms with Crippen molar-refractivity contribution in [1.29, 1.82) is 0 Å². The van der Waals surface area contributed by atoms with Crippen molar-refractivity contribution in [3.05, 3.63) is 11.4 Å². The lowest BCUT2D eigenvalue weighted by molar-refractivity contribution is 0.538. The number of sulfonamides is 1. The molecule has 1 heterocycles. The third-order valence-electron chi connectivity index (χ3n) is 3.48. The van der Waals surface area contributed by atoms with Crippen LogP contribution >= 0.6 is 0 Å². The second-order valence-corrected chi connectivity index (χ2v) is 7.05. The number of hydrogen-bond acceptors (Lipinski definition) is 4. The highest BCUT2D eigenvalue weighted by atomic mass is 32.2. The Morgan fingerprint density at radius 1 is 1.24 bits per heavy atom. The molecule has 0 saturated heterocycles. The van der Waals surface area contributed by atoms with Crippen molar-refractivity contribution in [2.24, 2.45) is 0 Å². The molecule has 0 radical (unpaired) electrons. The van der Waals surface area contributed by atoms with Crippen molar-refractivity contribution < 1.29 is 8.42 Å². The summed E-state index contributed by atoms with van der Waals surface area (Å²) in [5.41, 5.74) is 1.25. The molecule has 6 nitrogen and oxygen atoms in total. The van der Waals surface area contributed by atoms with E-state index in [1.165, 1.54) is 0 Å². The molecule has 0 aliphatic heterocycles. The number of nitrogens with zero attached hydrogens (tertiary/aromatic N) is 2. The Labute approximate surface area is 128 Å². The van der Waals surface area contributed by atoms with Gasteiger partial charge in [0.2, 0.25) is 10.0 Å². The second kappa shape index (κ2) is 7.91. The number of nitrogens with one attached hydrogen (secondary N) is 2. The molecule has 1 atom stereocenters. The standard InChI is InChI=1S/C14H28N4O2S/c1-6-8-15-9-10-18-13(5)14(12(4)16-18)21(19,20)17-11(3)7-2/h11,15,17H,6-10H2,1-5H3. The van der Waals surface area contributed by atoms with Crippen molar-refractivity contribution in [2.75, 3.05) is 13.1 Å². The fraction of sp³-hybridized carbons (Fsp3) is 0.786. The molecule has 1 rings (SSSR count). The van der Waals surface area contributed by atoms with Gasteiger partial charge in [-0.2, -0.15) is 5.10 Å². The first-order valence-corrected chi connectivity index (χ1v) is 9.08. The van der Waals surface area contributed by atoms with Gasteiger partial charge < -0.3 is 5.32 Å². The van der Waals surface area contributed by atoms with E-state index in [0.717, 1.165) is 25.9 Å². The molecule has 0 spiro atoms. The lowest BCUT2D eigenvalue weighted by Crippen LogP contribution is -2.32. The molecular weight excluding hydrogens is 288 g/mol. The highest BCUT2D eigenvalue weighted by Crippen LogP contribution is 2.19. The summed E-state index contributed by atoms with van der Waals surface area (Å²) < 4.78 is 29.4. The second-order valence-electron chi connectivity index (χ2n) is 5.40. The largest absolute Gasteiger partial charge is 0.315 e. The summed E-state index contributed by atoms with van der Waals surface area (Å²) in [7, 11) is -3.50. The summed E-state index contributed by atoms with van der Waals surface area (Å²) in [6.07, 6.45) is 1.84. The van der Waals surface area contributed by atoms with Gasteiger partial charge >= 0.3 is 0 Å². The van der Waals surface area contributed by atoms with Crippen LogP contribution in [-0.4, -0.2) is 37.3 Å². The van der Waals surface area contributed by atoms with E-state index in [-0.39, 0.29) is 6.04 Å². The summed E-state index contributed by atoms with van der Waals surface area (Å²) >= 11 is 0. The fourth-order valence-electron chi connectivity index (χ4n) is 2.18. The predicted molar refractivity (Wildman–Crippen MR) is 84.9 cm³/mol. The predicted octanol–water partition coefficient (Wildman–Crippen LogP) is 1.58. The third-order valence-corrected chi connectivity index (χ3v) is 5.32. The quantitative estimate of drug-likeness (QED) is 0.678. The van der Waals surface area contributed by atoms with Gasteiger partial charge in [-0.15, -0.1) is 0 Å². The zero-order valence-corrected chi connectivity index (χ0v) is 14.5. The van der Waals surface area contributed by atoms with Gasteiger partial charge in [0.25, 0.3) is 0 Å². The van der Waals surface area contributed by atoms with Crippen LogP contribution in [0.5, 0.6) is 0 Å². The van der Waals surface area contributed by atoms with Crippen LogP contribution in [0.3, 0.4) is 0 Å².